The minimum atomic E-state index is -0.259. The number of hydrogen-bond acceptors (Lipinski definition) is 3. The highest BCUT2D eigenvalue weighted by atomic mass is 16.2. The molecule has 0 aliphatic heterocycles. The van der Waals surface area contributed by atoms with Crippen LogP contribution < -0.4 is 10.9 Å². The zero-order valence-electron chi connectivity index (χ0n) is 11.0. The molecule has 2 N–H and O–H groups in total. The highest BCUT2D eigenvalue weighted by molar-refractivity contribution is 5.93. The van der Waals surface area contributed by atoms with Crippen LogP contribution in [0.15, 0.2) is 23.1 Å². The van der Waals surface area contributed by atoms with Crippen molar-refractivity contribution in [3.05, 3.63) is 34.2 Å². The van der Waals surface area contributed by atoms with E-state index in [0.717, 1.165) is 26.1 Å². The molecule has 1 aromatic rings. The number of carbonyl (C=O) groups is 1. The van der Waals surface area contributed by atoms with Gasteiger partial charge in [-0.15, -0.1) is 0 Å². The molecule has 18 heavy (non-hydrogen) atoms. The van der Waals surface area contributed by atoms with Crippen LogP contribution in [0.4, 0.5) is 0 Å². The van der Waals surface area contributed by atoms with Gasteiger partial charge in [-0.1, -0.05) is 13.8 Å². The molecule has 100 valence electrons. The largest absolute Gasteiger partial charge is 0.352 e. The summed E-state index contributed by atoms with van der Waals surface area (Å²) in [5, 5.41) is 2.81. The van der Waals surface area contributed by atoms with E-state index in [9.17, 15) is 9.59 Å². The van der Waals surface area contributed by atoms with Gasteiger partial charge in [-0.3, -0.25) is 9.59 Å². The Bertz CT molecular complexity index is 424. The fraction of sp³-hybridized carbons (Fsp3) is 0.538. The summed E-state index contributed by atoms with van der Waals surface area (Å²) in [7, 11) is 0. The van der Waals surface area contributed by atoms with Crippen molar-refractivity contribution in [3.63, 3.8) is 0 Å². The van der Waals surface area contributed by atoms with Gasteiger partial charge in [0.1, 0.15) is 0 Å². The molecular weight excluding hydrogens is 230 g/mol. The van der Waals surface area contributed by atoms with Gasteiger partial charge in [0.25, 0.3) is 5.91 Å². The van der Waals surface area contributed by atoms with E-state index >= 15 is 0 Å². The molecule has 1 amide bonds. The maximum absolute atomic E-state index is 11.7. The molecule has 0 bridgehead atoms. The second-order valence-electron chi connectivity index (χ2n) is 4.08. The SMILES string of the molecule is CCN(CC)CCCNC(=O)c1cc[nH]c(=O)c1. The van der Waals surface area contributed by atoms with E-state index in [1.165, 1.54) is 12.3 Å². The van der Waals surface area contributed by atoms with Gasteiger partial charge in [0, 0.05) is 24.4 Å². The fourth-order valence-electron chi connectivity index (χ4n) is 1.73. The topological polar surface area (TPSA) is 65.2 Å². The first-order chi connectivity index (χ1) is 8.67. The molecule has 0 aliphatic rings. The molecule has 0 aromatic carbocycles. The normalized spacial score (nSPS) is 10.6. The van der Waals surface area contributed by atoms with Crippen LogP contribution in [-0.2, 0) is 0 Å². The van der Waals surface area contributed by atoms with Crippen molar-refractivity contribution in [2.24, 2.45) is 0 Å². The van der Waals surface area contributed by atoms with Gasteiger partial charge >= 0.3 is 0 Å². The molecule has 0 spiro atoms. The Morgan fingerprint density at radius 1 is 1.39 bits per heavy atom. The molecule has 1 aromatic heterocycles. The highest BCUT2D eigenvalue weighted by Gasteiger charge is 2.05. The third-order valence-electron chi connectivity index (χ3n) is 2.87. The van der Waals surface area contributed by atoms with Gasteiger partial charge in [0.2, 0.25) is 5.56 Å². The second-order valence-corrected chi connectivity index (χ2v) is 4.08. The lowest BCUT2D eigenvalue weighted by atomic mass is 10.2. The number of H-pyrrole nitrogens is 1. The van der Waals surface area contributed by atoms with Crippen molar-refractivity contribution < 1.29 is 4.79 Å². The van der Waals surface area contributed by atoms with Crippen molar-refractivity contribution in [2.75, 3.05) is 26.2 Å². The van der Waals surface area contributed by atoms with Crippen LogP contribution in [0.3, 0.4) is 0 Å². The van der Waals surface area contributed by atoms with Crippen LogP contribution in [-0.4, -0.2) is 42.0 Å². The lowest BCUT2D eigenvalue weighted by Gasteiger charge is -2.17. The zero-order chi connectivity index (χ0) is 13.4. The Morgan fingerprint density at radius 3 is 2.72 bits per heavy atom. The Labute approximate surface area is 107 Å². The standard InChI is InChI=1S/C13H21N3O2/c1-3-16(4-2)9-5-7-15-13(18)11-6-8-14-12(17)10-11/h6,8,10H,3-5,7,9H2,1-2H3,(H,14,17)(H,15,18). The van der Waals surface area contributed by atoms with Crippen molar-refractivity contribution in [1.29, 1.82) is 0 Å². The van der Waals surface area contributed by atoms with Gasteiger partial charge in [-0.25, -0.2) is 0 Å². The van der Waals surface area contributed by atoms with E-state index in [4.69, 9.17) is 0 Å². The second kappa shape index (κ2) is 7.66. The first kappa shape index (κ1) is 14.4. The molecule has 5 nitrogen and oxygen atoms in total. The van der Waals surface area contributed by atoms with E-state index < -0.39 is 0 Å². The number of nitrogens with zero attached hydrogens (tertiary/aromatic N) is 1. The first-order valence-electron chi connectivity index (χ1n) is 6.36. The number of aromatic nitrogens is 1. The van der Waals surface area contributed by atoms with E-state index in [1.54, 1.807) is 6.07 Å². The number of aromatic amines is 1. The monoisotopic (exact) mass is 251 g/mol. The molecule has 0 fully saturated rings. The molecule has 0 radical (unpaired) electrons. The predicted molar refractivity (Wildman–Crippen MR) is 71.8 cm³/mol. The summed E-state index contributed by atoms with van der Waals surface area (Å²) in [6, 6.07) is 2.90. The lowest BCUT2D eigenvalue weighted by molar-refractivity contribution is 0.0951. The van der Waals surface area contributed by atoms with Gasteiger partial charge in [0.05, 0.1) is 0 Å². The molecular formula is C13H21N3O2. The van der Waals surface area contributed by atoms with E-state index in [1.807, 2.05) is 0 Å². The van der Waals surface area contributed by atoms with Gasteiger partial charge in [-0.2, -0.15) is 0 Å². The number of rotatable bonds is 7. The zero-order valence-corrected chi connectivity index (χ0v) is 11.0. The summed E-state index contributed by atoms with van der Waals surface area (Å²) in [6.45, 7) is 7.90. The molecule has 5 heteroatoms. The summed E-state index contributed by atoms with van der Waals surface area (Å²) in [5.74, 6) is -0.194. The van der Waals surface area contributed by atoms with E-state index in [-0.39, 0.29) is 11.5 Å². The number of carbonyl (C=O) groups excluding carboxylic acids is 1. The smallest absolute Gasteiger partial charge is 0.251 e. The van der Waals surface area contributed by atoms with Crippen LogP contribution >= 0.6 is 0 Å². The number of hydrogen-bond donors (Lipinski definition) is 2. The minimum absolute atomic E-state index is 0.194. The third-order valence-corrected chi connectivity index (χ3v) is 2.87. The molecule has 0 unspecified atom stereocenters. The summed E-state index contributed by atoms with van der Waals surface area (Å²) < 4.78 is 0. The van der Waals surface area contributed by atoms with Crippen LogP contribution in [0.2, 0.25) is 0 Å². The molecule has 1 rings (SSSR count). The van der Waals surface area contributed by atoms with E-state index in [2.05, 4.69) is 29.0 Å². The minimum Gasteiger partial charge on any atom is -0.352 e. The summed E-state index contributed by atoms with van der Waals surface area (Å²) in [6.07, 6.45) is 2.39. The van der Waals surface area contributed by atoms with Crippen LogP contribution in [0.5, 0.6) is 0 Å². The molecule has 1 heterocycles. The van der Waals surface area contributed by atoms with Gasteiger partial charge in [0.15, 0.2) is 0 Å². The summed E-state index contributed by atoms with van der Waals surface area (Å²) in [4.78, 5) is 27.5. The first-order valence-corrected chi connectivity index (χ1v) is 6.36. The molecule has 0 aliphatic carbocycles. The number of pyridine rings is 1. The maximum atomic E-state index is 11.7. The maximum Gasteiger partial charge on any atom is 0.251 e. The quantitative estimate of drug-likeness (QED) is 0.706. The molecule has 0 atom stereocenters. The molecule has 0 saturated heterocycles. The average molecular weight is 251 g/mol. The fourth-order valence-corrected chi connectivity index (χ4v) is 1.73. The lowest BCUT2D eigenvalue weighted by Crippen LogP contribution is -2.30. The summed E-state index contributed by atoms with van der Waals surface area (Å²) >= 11 is 0. The van der Waals surface area contributed by atoms with E-state index in [0.29, 0.717) is 12.1 Å². The number of nitrogens with one attached hydrogen (secondary N) is 2. The molecule has 0 saturated carbocycles. The van der Waals surface area contributed by atoms with Crippen molar-refractivity contribution in [1.82, 2.24) is 15.2 Å². The van der Waals surface area contributed by atoms with Crippen molar-refractivity contribution in [2.45, 2.75) is 20.3 Å². The Balaban J connectivity index is 2.32. The van der Waals surface area contributed by atoms with Crippen LogP contribution in [0, 0.1) is 0 Å². The van der Waals surface area contributed by atoms with Crippen molar-refractivity contribution >= 4 is 5.91 Å². The third kappa shape index (κ3) is 4.71. The van der Waals surface area contributed by atoms with Gasteiger partial charge < -0.3 is 15.2 Å². The number of amides is 1. The van der Waals surface area contributed by atoms with Crippen LogP contribution in [0.25, 0.3) is 0 Å². The Morgan fingerprint density at radius 2 is 2.11 bits per heavy atom. The van der Waals surface area contributed by atoms with Crippen molar-refractivity contribution in [3.8, 4) is 0 Å². The Kier molecular flexibility index (Phi) is 6.14. The highest BCUT2D eigenvalue weighted by Crippen LogP contribution is 1.94. The Hall–Kier alpha value is -1.62. The van der Waals surface area contributed by atoms with Crippen LogP contribution in [0.1, 0.15) is 30.6 Å². The summed E-state index contributed by atoms with van der Waals surface area (Å²) in [5.41, 5.74) is 0.146. The predicted octanol–water partition coefficient (Wildman–Crippen LogP) is 0.837. The van der Waals surface area contributed by atoms with Gasteiger partial charge in [-0.05, 0) is 32.1 Å². The average Bonchev–Trinajstić information content (AvgIpc) is 2.38.